The highest BCUT2D eigenvalue weighted by Gasteiger charge is 2.18. The average Bonchev–Trinajstić information content (AvgIpc) is 3.24. The molecule has 2 unspecified atom stereocenters. The molecule has 0 amide bonds. The Morgan fingerprint density at radius 2 is 2.03 bits per heavy atom. The lowest BCUT2D eigenvalue weighted by molar-refractivity contribution is 0.140. The van der Waals surface area contributed by atoms with Gasteiger partial charge >= 0.3 is 0 Å². The number of hydrogen-bond acceptors (Lipinski definition) is 4. The van der Waals surface area contributed by atoms with Crippen molar-refractivity contribution in [3.05, 3.63) is 64.7 Å². The van der Waals surface area contributed by atoms with Gasteiger partial charge in [-0.25, -0.2) is 4.99 Å². The number of aliphatic hydroxyl groups is 1. The third-order valence-corrected chi connectivity index (χ3v) is 5.05. The molecule has 6 nitrogen and oxygen atoms in total. The van der Waals surface area contributed by atoms with E-state index in [4.69, 9.17) is 14.5 Å². The molecule has 1 aliphatic heterocycles. The van der Waals surface area contributed by atoms with Gasteiger partial charge in [0.25, 0.3) is 0 Å². The molecule has 3 N–H and O–H groups in total. The van der Waals surface area contributed by atoms with Crippen molar-refractivity contribution in [3.63, 3.8) is 0 Å². The van der Waals surface area contributed by atoms with Gasteiger partial charge in [0.1, 0.15) is 11.9 Å². The molecule has 0 bridgehead atoms. The van der Waals surface area contributed by atoms with Gasteiger partial charge in [-0.3, -0.25) is 0 Å². The Morgan fingerprint density at radius 1 is 1.20 bits per heavy atom. The Morgan fingerprint density at radius 3 is 2.77 bits per heavy atom. The fourth-order valence-electron chi connectivity index (χ4n) is 3.38. The Hall–Kier alpha value is -2.57. The minimum Gasteiger partial charge on any atom is -0.488 e. The molecule has 2 aromatic carbocycles. The molecule has 0 spiro atoms. The van der Waals surface area contributed by atoms with Crippen molar-refractivity contribution in [2.24, 2.45) is 4.99 Å². The SMILES string of the molecule is CCNC(=NCc1ccc(C)cc1OC1CCOC1)NCC(O)c1cccc(C)c1. The second-order valence-corrected chi connectivity index (χ2v) is 7.72. The fraction of sp³-hybridized carbons (Fsp3) is 0.458. The van der Waals surface area contributed by atoms with Crippen molar-refractivity contribution in [1.29, 1.82) is 0 Å². The molecular formula is C24H33N3O3. The summed E-state index contributed by atoms with van der Waals surface area (Å²) < 4.78 is 11.6. The fourth-order valence-corrected chi connectivity index (χ4v) is 3.38. The van der Waals surface area contributed by atoms with E-state index in [9.17, 15) is 5.11 Å². The highest BCUT2D eigenvalue weighted by molar-refractivity contribution is 5.79. The molecule has 1 saturated heterocycles. The van der Waals surface area contributed by atoms with Gasteiger partial charge in [-0.1, -0.05) is 42.0 Å². The molecule has 0 aliphatic carbocycles. The predicted molar refractivity (Wildman–Crippen MR) is 120 cm³/mol. The third kappa shape index (κ3) is 6.47. The summed E-state index contributed by atoms with van der Waals surface area (Å²) in [5.74, 6) is 1.53. The van der Waals surface area contributed by atoms with Crippen LogP contribution in [-0.4, -0.2) is 43.5 Å². The van der Waals surface area contributed by atoms with Gasteiger partial charge in [0.2, 0.25) is 0 Å². The largest absolute Gasteiger partial charge is 0.488 e. The summed E-state index contributed by atoms with van der Waals surface area (Å²) in [6.45, 7) is 9.10. The number of guanidine groups is 1. The molecule has 3 rings (SSSR count). The smallest absolute Gasteiger partial charge is 0.191 e. The van der Waals surface area contributed by atoms with Crippen molar-refractivity contribution < 1.29 is 14.6 Å². The lowest BCUT2D eigenvalue weighted by Gasteiger charge is -2.17. The van der Waals surface area contributed by atoms with Crippen LogP contribution in [0.4, 0.5) is 0 Å². The van der Waals surface area contributed by atoms with E-state index in [0.29, 0.717) is 25.7 Å². The summed E-state index contributed by atoms with van der Waals surface area (Å²) in [6.07, 6.45) is 0.414. The summed E-state index contributed by atoms with van der Waals surface area (Å²) in [7, 11) is 0. The Bertz CT molecular complexity index is 847. The zero-order valence-corrected chi connectivity index (χ0v) is 18.1. The molecule has 1 heterocycles. The zero-order chi connectivity index (χ0) is 21.3. The number of aliphatic hydroxyl groups excluding tert-OH is 1. The number of hydrogen-bond donors (Lipinski definition) is 3. The van der Waals surface area contributed by atoms with E-state index in [1.165, 1.54) is 0 Å². The quantitative estimate of drug-likeness (QED) is 0.459. The summed E-state index contributed by atoms with van der Waals surface area (Å²) >= 11 is 0. The van der Waals surface area contributed by atoms with Gasteiger partial charge in [0, 0.05) is 25.1 Å². The van der Waals surface area contributed by atoms with E-state index in [1.807, 2.05) is 38.1 Å². The molecule has 0 radical (unpaired) electrons. The maximum Gasteiger partial charge on any atom is 0.191 e. The maximum atomic E-state index is 10.5. The minimum absolute atomic E-state index is 0.102. The van der Waals surface area contributed by atoms with Gasteiger partial charge < -0.3 is 25.2 Å². The van der Waals surface area contributed by atoms with Crippen LogP contribution in [0.15, 0.2) is 47.5 Å². The molecular weight excluding hydrogens is 378 g/mol. The van der Waals surface area contributed by atoms with Crippen LogP contribution in [0.25, 0.3) is 0 Å². The predicted octanol–water partition coefficient (Wildman–Crippen LogP) is 3.26. The summed E-state index contributed by atoms with van der Waals surface area (Å²) in [6, 6.07) is 14.1. The molecule has 30 heavy (non-hydrogen) atoms. The van der Waals surface area contributed by atoms with Gasteiger partial charge in [-0.2, -0.15) is 0 Å². The van der Waals surface area contributed by atoms with Crippen LogP contribution in [-0.2, 0) is 11.3 Å². The van der Waals surface area contributed by atoms with Crippen LogP contribution in [0, 0.1) is 13.8 Å². The molecule has 1 fully saturated rings. The summed E-state index contributed by atoms with van der Waals surface area (Å²) in [5.41, 5.74) is 4.21. The first-order chi connectivity index (χ1) is 14.5. The number of aliphatic imine (C=N–C) groups is 1. The van der Waals surface area contributed by atoms with E-state index in [2.05, 4.69) is 35.8 Å². The maximum absolute atomic E-state index is 10.5. The monoisotopic (exact) mass is 411 g/mol. The number of aryl methyl sites for hydroxylation is 2. The third-order valence-electron chi connectivity index (χ3n) is 5.05. The number of ether oxygens (including phenoxy) is 2. The second kappa shape index (κ2) is 11.0. The molecule has 0 aromatic heterocycles. The van der Waals surface area contributed by atoms with Crippen molar-refractivity contribution in [3.8, 4) is 5.75 Å². The van der Waals surface area contributed by atoms with Crippen molar-refractivity contribution >= 4 is 5.96 Å². The molecule has 162 valence electrons. The van der Waals surface area contributed by atoms with Crippen LogP contribution in [0.3, 0.4) is 0 Å². The van der Waals surface area contributed by atoms with Crippen molar-refractivity contribution in [2.75, 3.05) is 26.3 Å². The lowest BCUT2D eigenvalue weighted by atomic mass is 10.1. The van der Waals surface area contributed by atoms with Crippen LogP contribution >= 0.6 is 0 Å². The van der Waals surface area contributed by atoms with Gasteiger partial charge in [0.05, 0.1) is 25.9 Å². The standard InChI is InChI=1S/C24H33N3O3/c1-4-25-24(27-15-22(28)19-7-5-6-17(2)12-19)26-14-20-9-8-18(3)13-23(20)30-21-10-11-29-16-21/h5-9,12-13,21-22,28H,4,10-11,14-16H2,1-3H3,(H2,25,26,27). The van der Waals surface area contributed by atoms with E-state index in [-0.39, 0.29) is 6.10 Å². The molecule has 6 heteroatoms. The Kier molecular flexibility index (Phi) is 8.11. The minimum atomic E-state index is -0.602. The second-order valence-electron chi connectivity index (χ2n) is 7.72. The molecule has 2 aromatic rings. The van der Waals surface area contributed by atoms with E-state index >= 15 is 0 Å². The van der Waals surface area contributed by atoms with Gasteiger partial charge in [0.15, 0.2) is 5.96 Å². The van der Waals surface area contributed by atoms with Crippen LogP contribution in [0.2, 0.25) is 0 Å². The van der Waals surface area contributed by atoms with E-state index in [1.54, 1.807) is 0 Å². The normalized spacial score (nSPS) is 17.6. The number of nitrogens with zero attached hydrogens (tertiary/aromatic N) is 1. The first-order valence-electron chi connectivity index (χ1n) is 10.7. The Labute approximate surface area is 179 Å². The van der Waals surface area contributed by atoms with Crippen LogP contribution in [0.1, 0.15) is 41.7 Å². The average molecular weight is 412 g/mol. The first-order valence-corrected chi connectivity index (χ1v) is 10.7. The molecule has 2 atom stereocenters. The van der Waals surface area contributed by atoms with Crippen LogP contribution in [0.5, 0.6) is 5.75 Å². The van der Waals surface area contributed by atoms with Gasteiger partial charge in [-0.05, 0) is 38.0 Å². The molecule has 0 saturated carbocycles. The van der Waals surface area contributed by atoms with E-state index < -0.39 is 6.10 Å². The van der Waals surface area contributed by atoms with Crippen molar-refractivity contribution in [1.82, 2.24) is 10.6 Å². The highest BCUT2D eigenvalue weighted by Crippen LogP contribution is 2.24. The summed E-state index contributed by atoms with van der Waals surface area (Å²) in [5, 5.41) is 17.0. The summed E-state index contributed by atoms with van der Waals surface area (Å²) in [4.78, 5) is 4.70. The van der Waals surface area contributed by atoms with Gasteiger partial charge in [-0.15, -0.1) is 0 Å². The zero-order valence-electron chi connectivity index (χ0n) is 18.1. The number of benzene rings is 2. The van der Waals surface area contributed by atoms with Crippen molar-refractivity contribution in [2.45, 2.75) is 45.9 Å². The number of rotatable bonds is 8. The number of nitrogens with one attached hydrogen (secondary N) is 2. The topological polar surface area (TPSA) is 75.1 Å². The van der Waals surface area contributed by atoms with Crippen LogP contribution < -0.4 is 15.4 Å². The molecule has 1 aliphatic rings. The Balaban J connectivity index is 1.65. The first kappa shape index (κ1) is 22.1. The highest BCUT2D eigenvalue weighted by atomic mass is 16.5. The van der Waals surface area contributed by atoms with E-state index in [0.717, 1.165) is 47.6 Å². The lowest BCUT2D eigenvalue weighted by Crippen LogP contribution is -2.39.